The van der Waals surface area contributed by atoms with Crippen molar-refractivity contribution in [3.8, 4) is 0 Å². The van der Waals surface area contributed by atoms with Gasteiger partial charge in [-0.2, -0.15) is 9.40 Å². The molecule has 0 atom stereocenters. The summed E-state index contributed by atoms with van der Waals surface area (Å²) in [7, 11) is -3.21. The molecule has 23 heavy (non-hydrogen) atoms. The van der Waals surface area contributed by atoms with Crippen molar-refractivity contribution in [3.05, 3.63) is 17.5 Å². The Balaban J connectivity index is 1.93. The van der Waals surface area contributed by atoms with E-state index in [0.29, 0.717) is 45.8 Å². The van der Waals surface area contributed by atoms with Crippen molar-refractivity contribution < 1.29 is 17.9 Å². The fourth-order valence-electron chi connectivity index (χ4n) is 2.45. The van der Waals surface area contributed by atoms with Crippen LogP contribution in [0.2, 0.25) is 0 Å². The molecule has 0 saturated heterocycles. The number of aromatic nitrogens is 2. The van der Waals surface area contributed by atoms with Crippen LogP contribution in [0, 0.1) is 0 Å². The van der Waals surface area contributed by atoms with E-state index in [-0.39, 0.29) is 5.91 Å². The summed E-state index contributed by atoms with van der Waals surface area (Å²) in [6.45, 7) is 4.73. The minimum atomic E-state index is -3.21. The van der Waals surface area contributed by atoms with Gasteiger partial charge in [0.2, 0.25) is 15.9 Å². The van der Waals surface area contributed by atoms with Crippen LogP contribution in [0.1, 0.15) is 31.2 Å². The molecule has 2 heterocycles. The molecule has 1 N–H and O–H groups in total. The van der Waals surface area contributed by atoms with Gasteiger partial charge in [0.25, 0.3) is 0 Å². The van der Waals surface area contributed by atoms with Crippen molar-refractivity contribution in [1.29, 1.82) is 0 Å². The van der Waals surface area contributed by atoms with Crippen LogP contribution in [-0.2, 0) is 39.2 Å². The molecule has 0 aromatic carbocycles. The summed E-state index contributed by atoms with van der Waals surface area (Å²) in [4.78, 5) is 11.7. The van der Waals surface area contributed by atoms with Crippen LogP contribution in [0.15, 0.2) is 6.07 Å². The summed E-state index contributed by atoms with van der Waals surface area (Å²) in [5.74, 6) is -0.0839. The lowest BCUT2D eigenvalue weighted by Crippen LogP contribution is -2.29. The van der Waals surface area contributed by atoms with Gasteiger partial charge in [0.15, 0.2) is 0 Å². The normalized spacial score (nSPS) is 15.9. The number of nitrogens with one attached hydrogen (secondary N) is 1. The Kier molecular flexibility index (Phi) is 6.14. The highest BCUT2D eigenvalue weighted by molar-refractivity contribution is 7.88. The van der Waals surface area contributed by atoms with E-state index in [0.717, 1.165) is 17.8 Å². The largest absolute Gasteiger partial charge is 0.381 e. The lowest BCUT2D eigenvalue weighted by molar-refractivity contribution is -0.122. The number of ether oxygens (including phenoxy) is 1. The van der Waals surface area contributed by atoms with Crippen molar-refractivity contribution >= 4 is 15.9 Å². The first-order chi connectivity index (χ1) is 10.9. The van der Waals surface area contributed by atoms with Crippen molar-refractivity contribution in [2.24, 2.45) is 0 Å². The van der Waals surface area contributed by atoms with Crippen molar-refractivity contribution in [1.82, 2.24) is 19.4 Å². The molecular formula is C14H24N4O4S. The van der Waals surface area contributed by atoms with Gasteiger partial charge in [-0.05, 0) is 19.4 Å². The third-order valence-corrected chi connectivity index (χ3v) is 4.89. The van der Waals surface area contributed by atoms with Crippen molar-refractivity contribution in [2.45, 2.75) is 39.4 Å². The molecule has 1 aromatic rings. The quantitative estimate of drug-likeness (QED) is 0.708. The molecule has 0 fully saturated rings. The molecule has 1 amide bonds. The average Bonchev–Trinajstić information content (AvgIpc) is 2.74. The van der Waals surface area contributed by atoms with Gasteiger partial charge in [-0.3, -0.25) is 9.48 Å². The van der Waals surface area contributed by atoms with Crippen LogP contribution >= 0.6 is 0 Å². The van der Waals surface area contributed by atoms with Gasteiger partial charge in [-0.25, -0.2) is 8.42 Å². The van der Waals surface area contributed by atoms with Crippen LogP contribution in [0.3, 0.4) is 0 Å². The molecule has 8 nitrogen and oxygen atoms in total. The van der Waals surface area contributed by atoms with E-state index in [9.17, 15) is 13.2 Å². The van der Waals surface area contributed by atoms with Gasteiger partial charge < -0.3 is 10.1 Å². The van der Waals surface area contributed by atoms with E-state index < -0.39 is 10.0 Å². The van der Waals surface area contributed by atoms with E-state index in [1.807, 2.05) is 17.7 Å². The average molecular weight is 344 g/mol. The lowest BCUT2D eigenvalue weighted by Gasteiger charge is -2.16. The molecule has 0 bridgehead atoms. The van der Waals surface area contributed by atoms with Gasteiger partial charge >= 0.3 is 0 Å². The molecule has 130 valence electrons. The molecule has 1 aliphatic heterocycles. The highest BCUT2D eigenvalue weighted by Gasteiger charge is 2.22. The Morgan fingerprint density at radius 1 is 1.43 bits per heavy atom. The summed E-state index contributed by atoms with van der Waals surface area (Å²) in [5.41, 5.74) is 1.59. The first-order valence-electron chi connectivity index (χ1n) is 7.75. The smallest absolute Gasteiger partial charge is 0.222 e. The number of aryl methyl sites for hydroxylation is 1. The van der Waals surface area contributed by atoms with E-state index in [1.165, 1.54) is 10.6 Å². The highest BCUT2D eigenvalue weighted by atomic mass is 32.2. The van der Waals surface area contributed by atoms with Crippen LogP contribution in [0.25, 0.3) is 0 Å². The first kappa shape index (κ1) is 17.9. The zero-order valence-corrected chi connectivity index (χ0v) is 14.4. The van der Waals surface area contributed by atoms with Crippen LogP contribution < -0.4 is 5.32 Å². The molecule has 0 radical (unpaired) electrons. The third kappa shape index (κ3) is 5.29. The summed E-state index contributed by atoms with van der Waals surface area (Å²) in [6, 6.07) is 1.85. The molecule has 0 aliphatic carbocycles. The Morgan fingerprint density at radius 2 is 2.22 bits per heavy atom. The first-order valence-corrected chi connectivity index (χ1v) is 9.60. The summed E-state index contributed by atoms with van der Waals surface area (Å²) in [5, 5.41) is 7.24. The number of amides is 1. The standard InChI is InChI=1S/C14H24N4O4S/c1-3-22-8-5-14(19)15-10-12-9-13-11-17(23(2,20)21)6-4-7-18(13)16-12/h9H,3-8,10-11H2,1-2H3,(H,15,19). The highest BCUT2D eigenvalue weighted by Crippen LogP contribution is 2.16. The number of hydrogen-bond acceptors (Lipinski definition) is 5. The second-order valence-corrected chi connectivity index (χ2v) is 7.51. The predicted molar refractivity (Wildman–Crippen MR) is 85.1 cm³/mol. The Labute approximate surface area is 136 Å². The number of sulfonamides is 1. The number of carbonyl (C=O) groups is 1. The summed E-state index contributed by atoms with van der Waals surface area (Å²) in [6.07, 6.45) is 2.27. The van der Waals surface area contributed by atoms with E-state index in [2.05, 4.69) is 10.4 Å². The van der Waals surface area contributed by atoms with Gasteiger partial charge in [0.1, 0.15) is 0 Å². The van der Waals surface area contributed by atoms with Crippen molar-refractivity contribution in [3.63, 3.8) is 0 Å². The number of carbonyl (C=O) groups excluding carboxylic acids is 1. The van der Waals surface area contributed by atoms with Gasteiger partial charge in [0, 0.05) is 26.1 Å². The fourth-order valence-corrected chi connectivity index (χ4v) is 3.28. The zero-order valence-electron chi connectivity index (χ0n) is 13.6. The van der Waals surface area contributed by atoms with E-state index >= 15 is 0 Å². The van der Waals surface area contributed by atoms with Gasteiger partial charge in [0.05, 0.1) is 37.3 Å². The molecule has 0 unspecified atom stereocenters. The number of fused-ring (bicyclic) bond motifs is 1. The van der Waals surface area contributed by atoms with E-state index in [4.69, 9.17) is 4.74 Å². The summed E-state index contributed by atoms with van der Waals surface area (Å²) < 4.78 is 31.9. The number of nitrogens with zero attached hydrogens (tertiary/aromatic N) is 3. The predicted octanol–water partition coefficient (Wildman–Crippen LogP) is 0.0912. The Morgan fingerprint density at radius 3 is 2.91 bits per heavy atom. The van der Waals surface area contributed by atoms with Gasteiger partial charge in [-0.1, -0.05) is 0 Å². The SMILES string of the molecule is CCOCCC(=O)NCc1cc2n(n1)CCCN(S(C)(=O)=O)C2. The van der Waals surface area contributed by atoms with Crippen molar-refractivity contribution in [2.75, 3.05) is 26.0 Å². The topological polar surface area (TPSA) is 93.5 Å². The fraction of sp³-hybridized carbons (Fsp3) is 0.714. The molecule has 1 aromatic heterocycles. The maximum Gasteiger partial charge on any atom is 0.222 e. The van der Waals surface area contributed by atoms with Crippen LogP contribution in [0.4, 0.5) is 0 Å². The lowest BCUT2D eigenvalue weighted by atomic mass is 10.3. The third-order valence-electron chi connectivity index (χ3n) is 3.64. The molecule has 1 aliphatic rings. The monoisotopic (exact) mass is 344 g/mol. The second-order valence-electron chi connectivity index (χ2n) is 5.52. The molecule has 0 spiro atoms. The van der Waals surface area contributed by atoms with Crippen LogP contribution in [-0.4, -0.2) is 54.4 Å². The van der Waals surface area contributed by atoms with Crippen LogP contribution in [0.5, 0.6) is 0 Å². The van der Waals surface area contributed by atoms with E-state index in [1.54, 1.807) is 0 Å². The summed E-state index contributed by atoms with van der Waals surface area (Å²) >= 11 is 0. The van der Waals surface area contributed by atoms with Gasteiger partial charge in [-0.15, -0.1) is 0 Å². The number of rotatable bonds is 7. The molecule has 9 heteroatoms. The minimum absolute atomic E-state index is 0.0839. The second kappa shape index (κ2) is 7.89. The Hall–Kier alpha value is -1.45. The zero-order chi connectivity index (χ0) is 16.9. The molecule has 0 saturated carbocycles. The Bertz CT molecular complexity index is 641. The maximum absolute atomic E-state index is 11.7. The minimum Gasteiger partial charge on any atom is -0.381 e. The number of hydrogen-bond donors (Lipinski definition) is 1. The maximum atomic E-state index is 11.7. The molecular weight excluding hydrogens is 320 g/mol. The molecule has 2 rings (SSSR count).